The van der Waals surface area contributed by atoms with Crippen molar-refractivity contribution in [3.63, 3.8) is 0 Å². The van der Waals surface area contributed by atoms with Crippen molar-refractivity contribution in [1.82, 2.24) is 9.80 Å². The van der Waals surface area contributed by atoms with Crippen LogP contribution in [-0.4, -0.2) is 87.6 Å². The van der Waals surface area contributed by atoms with Crippen LogP contribution in [0, 0.1) is 11.8 Å². The van der Waals surface area contributed by atoms with Gasteiger partial charge in [-0.2, -0.15) is 0 Å². The summed E-state index contributed by atoms with van der Waals surface area (Å²) in [4.78, 5) is 45.5. The maximum absolute atomic E-state index is 14.5. The number of hydrogen-bond acceptors (Lipinski definition) is 6. The van der Waals surface area contributed by atoms with Gasteiger partial charge in [-0.15, -0.1) is 13.2 Å². The fourth-order valence-corrected chi connectivity index (χ4v) is 8.21. The molecule has 4 aliphatic rings. The van der Waals surface area contributed by atoms with Crippen molar-refractivity contribution >= 4 is 33.7 Å². The number of unbranched alkanes of at least 4 members (excludes halogenated alkanes) is 4. The topological polar surface area (TPSA) is 96.4 Å². The summed E-state index contributed by atoms with van der Waals surface area (Å²) in [5.41, 5.74) is -1.06. The predicted octanol–water partition coefficient (Wildman–Crippen LogP) is 4.14. The van der Waals surface area contributed by atoms with Crippen LogP contribution >= 0.6 is 15.9 Å². The summed E-state index contributed by atoms with van der Waals surface area (Å²) in [7, 11) is 0. The highest BCUT2D eigenvalue weighted by molar-refractivity contribution is 9.09. The van der Waals surface area contributed by atoms with E-state index < -0.39 is 35.6 Å². The number of carbonyl (C=O) groups is 3. The fourth-order valence-electron chi connectivity index (χ4n) is 7.27. The number of aliphatic hydroxyl groups excluding tert-OH is 1. The Balaban J connectivity index is 1.63. The Morgan fingerprint density at radius 2 is 1.87 bits per heavy atom. The number of nitrogens with zero attached hydrogens (tertiary/aromatic N) is 2. The predicted molar refractivity (Wildman–Crippen MR) is 152 cm³/mol. The number of halogens is 1. The van der Waals surface area contributed by atoms with Gasteiger partial charge in [0.15, 0.2) is 0 Å². The smallest absolute Gasteiger partial charge is 0.312 e. The molecule has 1 N–H and O–H groups in total. The zero-order valence-electron chi connectivity index (χ0n) is 23.1. The molecule has 1 saturated carbocycles. The second-order valence-electron chi connectivity index (χ2n) is 11.5. The Morgan fingerprint density at radius 3 is 2.56 bits per heavy atom. The van der Waals surface area contributed by atoms with Crippen molar-refractivity contribution in [3.05, 3.63) is 25.3 Å². The van der Waals surface area contributed by atoms with Crippen molar-refractivity contribution < 1.29 is 29.0 Å². The summed E-state index contributed by atoms with van der Waals surface area (Å²) in [6.45, 7) is 8.89. The third kappa shape index (κ3) is 6.01. The van der Waals surface area contributed by atoms with E-state index in [0.29, 0.717) is 32.4 Å². The van der Waals surface area contributed by atoms with Crippen molar-refractivity contribution in [2.45, 2.75) is 106 Å². The summed E-state index contributed by atoms with van der Waals surface area (Å²) in [5, 5.41) is 9.15. The molecule has 1 spiro atoms. The highest BCUT2D eigenvalue weighted by atomic mass is 79.9. The Hall–Kier alpha value is -1.71. The normalized spacial score (nSPS) is 31.8. The van der Waals surface area contributed by atoms with Gasteiger partial charge in [0.2, 0.25) is 11.8 Å². The van der Waals surface area contributed by atoms with Gasteiger partial charge in [-0.25, -0.2) is 0 Å². The maximum Gasteiger partial charge on any atom is 0.312 e. The molecule has 6 atom stereocenters. The first-order valence-corrected chi connectivity index (χ1v) is 15.7. The third-order valence-corrected chi connectivity index (χ3v) is 9.87. The van der Waals surface area contributed by atoms with Crippen LogP contribution < -0.4 is 0 Å². The van der Waals surface area contributed by atoms with Crippen LogP contribution in [0.4, 0.5) is 0 Å². The van der Waals surface area contributed by atoms with E-state index in [9.17, 15) is 14.4 Å². The molecule has 2 amide bonds. The number of hydrogen-bond donors (Lipinski definition) is 1. The van der Waals surface area contributed by atoms with E-state index in [1.807, 2.05) is 4.90 Å². The Bertz CT molecular complexity index is 908. The van der Waals surface area contributed by atoms with Crippen molar-refractivity contribution in [2.75, 3.05) is 26.3 Å². The second kappa shape index (κ2) is 13.8. The number of fused-ring (bicyclic) bond motifs is 1. The lowest BCUT2D eigenvalue weighted by Crippen LogP contribution is -2.58. The highest BCUT2D eigenvalue weighted by Gasteiger charge is 2.77. The van der Waals surface area contributed by atoms with Crippen LogP contribution in [-0.2, 0) is 23.9 Å². The van der Waals surface area contributed by atoms with Crippen molar-refractivity contribution in [3.8, 4) is 0 Å². The van der Waals surface area contributed by atoms with E-state index in [1.165, 1.54) is 6.42 Å². The number of rotatable bonds is 15. The van der Waals surface area contributed by atoms with E-state index >= 15 is 0 Å². The van der Waals surface area contributed by atoms with Gasteiger partial charge in [-0.1, -0.05) is 60.2 Å². The van der Waals surface area contributed by atoms with Gasteiger partial charge < -0.3 is 24.4 Å². The van der Waals surface area contributed by atoms with E-state index in [0.717, 1.165) is 51.4 Å². The van der Waals surface area contributed by atoms with Gasteiger partial charge in [-0.05, 0) is 44.9 Å². The zero-order valence-corrected chi connectivity index (χ0v) is 24.7. The minimum Gasteiger partial charge on any atom is -0.465 e. The number of likely N-dealkylation sites (tertiary alicyclic amines) is 1. The quantitative estimate of drug-likeness (QED) is 0.130. The number of esters is 1. The van der Waals surface area contributed by atoms with Crippen LogP contribution in [0.2, 0.25) is 0 Å². The molecule has 3 saturated heterocycles. The number of aliphatic hydroxyl groups is 1. The van der Waals surface area contributed by atoms with E-state index in [-0.39, 0.29) is 35.9 Å². The van der Waals surface area contributed by atoms with Crippen LogP contribution in [0.1, 0.15) is 77.0 Å². The summed E-state index contributed by atoms with van der Waals surface area (Å²) in [6, 6.07) is -0.663. The molecule has 3 aliphatic heterocycles. The first kappa shape index (κ1) is 30.3. The standard InChI is InChI=1S/C30H45BrN2O6/c1-3-5-13-19-38-29(37)23-24-27(35)33(17-11-6-7-12-18-34)26(30(24)20-22(31)25(23)39-30)28(36)32(16-4-2)21-14-9-8-10-15-21/h3-4,21-26,34H,1-2,5-20H2/t22?,23-,24+,25-,26?,30?/m1/s1. The minimum absolute atomic E-state index is 0.0895. The minimum atomic E-state index is -1.06. The molecule has 39 heavy (non-hydrogen) atoms. The van der Waals surface area contributed by atoms with Gasteiger partial charge in [0.25, 0.3) is 0 Å². The number of ether oxygens (including phenoxy) is 2. The molecule has 0 aromatic carbocycles. The lowest BCUT2D eigenvalue weighted by molar-refractivity contribution is -0.155. The zero-order chi connectivity index (χ0) is 28.0. The number of allylic oxidation sites excluding steroid dienone is 1. The molecule has 9 heteroatoms. The van der Waals surface area contributed by atoms with Crippen LogP contribution in [0.5, 0.6) is 0 Å². The van der Waals surface area contributed by atoms with Gasteiger partial charge >= 0.3 is 5.97 Å². The maximum atomic E-state index is 14.5. The summed E-state index contributed by atoms with van der Waals surface area (Å²) in [6.07, 6.45) is 13.3. The average molecular weight is 610 g/mol. The summed E-state index contributed by atoms with van der Waals surface area (Å²) >= 11 is 3.73. The SMILES string of the molecule is C=CCCCOC(=O)[C@H]1[C@@H]2OC3(CC2Br)C(C(=O)N(CC=C)C2CCCCC2)N(CCCCCCO)C(=O)[C@H]13. The molecule has 0 radical (unpaired) electrons. The molecule has 2 bridgehead atoms. The summed E-state index contributed by atoms with van der Waals surface area (Å²) < 4.78 is 12.2. The number of amides is 2. The Kier molecular flexibility index (Phi) is 10.7. The molecule has 218 valence electrons. The first-order valence-electron chi connectivity index (χ1n) is 14.8. The van der Waals surface area contributed by atoms with Crippen LogP contribution in [0.25, 0.3) is 0 Å². The molecular weight excluding hydrogens is 564 g/mol. The largest absolute Gasteiger partial charge is 0.465 e. The molecule has 0 aromatic rings. The molecule has 0 aromatic heterocycles. The van der Waals surface area contributed by atoms with E-state index in [2.05, 4.69) is 29.1 Å². The van der Waals surface area contributed by atoms with Gasteiger partial charge in [0.1, 0.15) is 11.6 Å². The Morgan fingerprint density at radius 1 is 1.13 bits per heavy atom. The lowest BCUT2D eigenvalue weighted by atomic mass is 9.70. The van der Waals surface area contributed by atoms with Gasteiger partial charge in [0.05, 0.1) is 24.5 Å². The van der Waals surface area contributed by atoms with Gasteiger partial charge in [0, 0.05) is 30.6 Å². The monoisotopic (exact) mass is 608 g/mol. The number of carbonyl (C=O) groups excluding carboxylic acids is 3. The van der Waals surface area contributed by atoms with E-state index in [1.54, 1.807) is 17.1 Å². The molecule has 4 fully saturated rings. The average Bonchev–Trinajstić information content (AvgIpc) is 3.53. The van der Waals surface area contributed by atoms with Crippen molar-refractivity contribution in [2.24, 2.45) is 11.8 Å². The first-order chi connectivity index (χ1) is 18.9. The fraction of sp³-hybridized carbons (Fsp3) is 0.767. The number of alkyl halides is 1. The Labute approximate surface area is 241 Å². The molecule has 3 heterocycles. The molecular formula is C30H45BrN2O6. The lowest BCUT2D eigenvalue weighted by Gasteiger charge is -2.41. The van der Waals surface area contributed by atoms with Crippen LogP contribution in [0.15, 0.2) is 25.3 Å². The van der Waals surface area contributed by atoms with E-state index in [4.69, 9.17) is 14.6 Å². The molecule has 3 unspecified atom stereocenters. The van der Waals surface area contributed by atoms with Crippen molar-refractivity contribution in [1.29, 1.82) is 0 Å². The molecule has 1 aliphatic carbocycles. The summed E-state index contributed by atoms with van der Waals surface area (Å²) in [5.74, 6) is -2.15. The highest BCUT2D eigenvalue weighted by Crippen LogP contribution is 2.60. The second-order valence-corrected chi connectivity index (χ2v) is 12.7. The van der Waals surface area contributed by atoms with Crippen LogP contribution in [0.3, 0.4) is 0 Å². The van der Waals surface area contributed by atoms with Gasteiger partial charge in [-0.3, -0.25) is 14.4 Å². The molecule has 4 rings (SSSR count). The third-order valence-electron chi connectivity index (χ3n) is 9.02. The molecule has 8 nitrogen and oxygen atoms in total.